The van der Waals surface area contributed by atoms with Crippen molar-refractivity contribution in [2.45, 2.75) is 26.3 Å². The lowest BCUT2D eigenvalue weighted by molar-refractivity contribution is -0.139. The molecule has 0 saturated heterocycles. The van der Waals surface area contributed by atoms with Crippen molar-refractivity contribution >= 4 is 34.4 Å². The number of aromatic amines is 1. The SMILES string of the molecule is CC(=O)Nc1ccc(OC(=O)C(Cc2c[nH]c3ccccc23)NC(C)=O)cc1. The summed E-state index contributed by atoms with van der Waals surface area (Å²) in [4.78, 5) is 38.5. The van der Waals surface area contributed by atoms with Crippen LogP contribution in [0.2, 0.25) is 0 Å². The molecule has 2 aromatic carbocycles. The molecule has 144 valence electrons. The van der Waals surface area contributed by atoms with Crippen LogP contribution in [-0.4, -0.2) is 28.8 Å². The molecule has 0 spiro atoms. The minimum atomic E-state index is -0.827. The van der Waals surface area contributed by atoms with Crippen molar-refractivity contribution in [2.24, 2.45) is 0 Å². The topological polar surface area (TPSA) is 100 Å². The van der Waals surface area contributed by atoms with Crippen molar-refractivity contribution in [2.75, 3.05) is 5.32 Å². The van der Waals surface area contributed by atoms with Crippen LogP contribution in [0.5, 0.6) is 5.75 Å². The van der Waals surface area contributed by atoms with Crippen molar-refractivity contribution in [3.05, 3.63) is 60.3 Å². The number of hydrogen-bond acceptors (Lipinski definition) is 4. The zero-order valence-electron chi connectivity index (χ0n) is 15.6. The summed E-state index contributed by atoms with van der Waals surface area (Å²) in [5.74, 6) is -0.738. The molecule has 1 aromatic heterocycles. The van der Waals surface area contributed by atoms with Crippen molar-refractivity contribution in [3.8, 4) is 5.75 Å². The van der Waals surface area contributed by atoms with Crippen LogP contribution in [0.25, 0.3) is 10.9 Å². The molecule has 0 aliphatic rings. The Labute approximate surface area is 162 Å². The third-order valence-electron chi connectivity index (χ3n) is 4.15. The number of amides is 2. The number of para-hydroxylation sites is 1. The zero-order valence-corrected chi connectivity index (χ0v) is 15.6. The van der Waals surface area contributed by atoms with E-state index >= 15 is 0 Å². The highest BCUT2D eigenvalue weighted by Crippen LogP contribution is 2.21. The molecule has 0 saturated carbocycles. The van der Waals surface area contributed by atoms with Gasteiger partial charge in [0.05, 0.1) is 0 Å². The summed E-state index contributed by atoms with van der Waals surface area (Å²) in [6, 6.07) is 13.4. The molecule has 0 bridgehead atoms. The van der Waals surface area contributed by atoms with Crippen LogP contribution in [0, 0.1) is 0 Å². The summed E-state index contributed by atoms with van der Waals surface area (Å²) in [6.07, 6.45) is 2.13. The van der Waals surface area contributed by atoms with Gasteiger partial charge in [0.25, 0.3) is 0 Å². The largest absolute Gasteiger partial charge is 0.425 e. The number of hydrogen-bond donors (Lipinski definition) is 3. The first-order valence-corrected chi connectivity index (χ1v) is 8.84. The smallest absolute Gasteiger partial charge is 0.334 e. The van der Waals surface area contributed by atoms with Crippen LogP contribution >= 0.6 is 0 Å². The number of nitrogens with one attached hydrogen (secondary N) is 3. The monoisotopic (exact) mass is 379 g/mol. The first-order valence-electron chi connectivity index (χ1n) is 8.84. The number of anilines is 1. The highest BCUT2D eigenvalue weighted by Gasteiger charge is 2.23. The Morgan fingerprint density at radius 1 is 1.00 bits per heavy atom. The second kappa shape index (κ2) is 8.39. The fourth-order valence-corrected chi connectivity index (χ4v) is 2.96. The van der Waals surface area contributed by atoms with Crippen LogP contribution in [0.15, 0.2) is 54.7 Å². The number of ether oxygens (including phenoxy) is 1. The molecule has 3 N–H and O–H groups in total. The molecular weight excluding hydrogens is 358 g/mol. The van der Waals surface area contributed by atoms with E-state index in [4.69, 9.17) is 4.74 Å². The predicted octanol–water partition coefficient (Wildman–Crippen LogP) is 2.78. The maximum absolute atomic E-state index is 12.7. The summed E-state index contributed by atoms with van der Waals surface area (Å²) in [5, 5.41) is 6.29. The van der Waals surface area contributed by atoms with E-state index in [-0.39, 0.29) is 11.8 Å². The van der Waals surface area contributed by atoms with Crippen molar-refractivity contribution in [3.63, 3.8) is 0 Å². The van der Waals surface area contributed by atoms with E-state index in [0.29, 0.717) is 17.9 Å². The summed E-state index contributed by atoms with van der Waals surface area (Å²) in [7, 11) is 0. The van der Waals surface area contributed by atoms with Gasteiger partial charge >= 0.3 is 5.97 Å². The molecule has 28 heavy (non-hydrogen) atoms. The number of fused-ring (bicyclic) bond motifs is 1. The predicted molar refractivity (Wildman–Crippen MR) is 106 cm³/mol. The van der Waals surface area contributed by atoms with Gasteiger partial charge in [0, 0.05) is 43.1 Å². The summed E-state index contributed by atoms with van der Waals surface area (Å²) in [5.41, 5.74) is 2.47. The Bertz CT molecular complexity index is 1010. The quantitative estimate of drug-likeness (QED) is 0.453. The van der Waals surface area contributed by atoms with Gasteiger partial charge in [-0.3, -0.25) is 9.59 Å². The Balaban J connectivity index is 1.74. The zero-order chi connectivity index (χ0) is 20.1. The van der Waals surface area contributed by atoms with Crippen LogP contribution in [-0.2, 0) is 20.8 Å². The second-order valence-electron chi connectivity index (χ2n) is 6.44. The van der Waals surface area contributed by atoms with Crippen LogP contribution in [0.4, 0.5) is 5.69 Å². The Morgan fingerprint density at radius 3 is 2.39 bits per heavy atom. The van der Waals surface area contributed by atoms with Gasteiger partial charge in [0.1, 0.15) is 11.8 Å². The number of aromatic nitrogens is 1. The number of esters is 1. The van der Waals surface area contributed by atoms with E-state index in [1.807, 2.05) is 30.5 Å². The standard InChI is InChI=1S/C21H21N3O4/c1-13(25)23-16-7-9-17(10-8-16)28-21(27)20(24-14(2)26)11-15-12-22-19-6-4-3-5-18(15)19/h3-10,12,20,22H,11H2,1-2H3,(H,23,25)(H,24,26). The fraction of sp³-hybridized carbons (Fsp3) is 0.190. The molecule has 7 nitrogen and oxygen atoms in total. The van der Waals surface area contributed by atoms with Gasteiger partial charge in [-0.05, 0) is 35.9 Å². The molecule has 3 rings (SSSR count). The lowest BCUT2D eigenvalue weighted by Crippen LogP contribution is -2.43. The highest BCUT2D eigenvalue weighted by molar-refractivity contribution is 5.89. The molecule has 0 fully saturated rings. The van der Waals surface area contributed by atoms with E-state index in [1.54, 1.807) is 24.3 Å². The molecular formula is C21H21N3O4. The molecule has 0 aliphatic heterocycles. The van der Waals surface area contributed by atoms with E-state index in [2.05, 4.69) is 15.6 Å². The highest BCUT2D eigenvalue weighted by atomic mass is 16.5. The van der Waals surface area contributed by atoms with Crippen molar-refractivity contribution in [1.82, 2.24) is 10.3 Å². The third-order valence-corrected chi connectivity index (χ3v) is 4.15. The number of benzene rings is 2. The Hall–Kier alpha value is -3.61. The lowest BCUT2D eigenvalue weighted by Gasteiger charge is -2.16. The van der Waals surface area contributed by atoms with Gasteiger partial charge in [-0.25, -0.2) is 4.79 Å². The summed E-state index contributed by atoms with van der Waals surface area (Å²) >= 11 is 0. The van der Waals surface area contributed by atoms with Gasteiger partial charge in [-0.1, -0.05) is 18.2 Å². The Morgan fingerprint density at radius 2 is 1.71 bits per heavy atom. The average molecular weight is 379 g/mol. The van der Waals surface area contributed by atoms with Crippen LogP contribution < -0.4 is 15.4 Å². The minimum Gasteiger partial charge on any atom is -0.425 e. The van der Waals surface area contributed by atoms with Crippen LogP contribution in [0.3, 0.4) is 0 Å². The molecule has 2 amide bonds. The fourth-order valence-electron chi connectivity index (χ4n) is 2.96. The molecule has 0 radical (unpaired) electrons. The minimum absolute atomic E-state index is 0.186. The molecule has 1 unspecified atom stereocenters. The van der Waals surface area contributed by atoms with Gasteiger partial charge in [0.15, 0.2) is 0 Å². The van der Waals surface area contributed by atoms with Crippen LogP contribution in [0.1, 0.15) is 19.4 Å². The van der Waals surface area contributed by atoms with E-state index in [1.165, 1.54) is 13.8 Å². The normalized spacial score (nSPS) is 11.6. The first-order chi connectivity index (χ1) is 13.4. The second-order valence-corrected chi connectivity index (χ2v) is 6.44. The van der Waals surface area contributed by atoms with Gasteiger partial charge < -0.3 is 20.4 Å². The number of rotatable bonds is 6. The molecule has 1 heterocycles. The van der Waals surface area contributed by atoms with Gasteiger partial charge in [-0.15, -0.1) is 0 Å². The first kappa shape index (κ1) is 19.2. The number of H-pyrrole nitrogens is 1. The lowest BCUT2D eigenvalue weighted by atomic mass is 10.0. The number of carbonyl (C=O) groups excluding carboxylic acids is 3. The third kappa shape index (κ3) is 4.76. The summed E-state index contributed by atoms with van der Waals surface area (Å²) in [6.45, 7) is 2.77. The van der Waals surface area contributed by atoms with Gasteiger partial charge in [0.2, 0.25) is 11.8 Å². The molecule has 7 heteroatoms. The van der Waals surface area contributed by atoms with Crippen molar-refractivity contribution in [1.29, 1.82) is 0 Å². The number of carbonyl (C=O) groups is 3. The molecule has 3 aromatic rings. The molecule has 1 atom stereocenters. The maximum atomic E-state index is 12.7. The van der Waals surface area contributed by atoms with Gasteiger partial charge in [-0.2, -0.15) is 0 Å². The maximum Gasteiger partial charge on any atom is 0.334 e. The summed E-state index contributed by atoms with van der Waals surface area (Å²) < 4.78 is 5.42. The van der Waals surface area contributed by atoms with E-state index in [0.717, 1.165) is 16.5 Å². The van der Waals surface area contributed by atoms with E-state index in [9.17, 15) is 14.4 Å². The average Bonchev–Trinajstić information content (AvgIpc) is 3.05. The van der Waals surface area contributed by atoms with E-state index < -0.39 is 12.0 Å². The molecule has 0 aliphatic carbocycles. The van der Waals surface area contributed by atoms with Crippen molar-refractivity contribution < 1.29 is 19.1 Å². The Kier molecular flexibility index (Phi) is 5.74.